The maximum atomic E-state index is 12.5. The van der Waals surface area contributed by atoms with Gasteiger partial charge in [-0.25, -0.2) is 5.48 Å². The van der Waals surface area contributed by atoms with E-state index in [0.717, 1.165) is 37.1 Å². The first kappa shape index (κ1) is 16.5. The highest BCUT2D eigenvalue weighted by atomic mass is 16.7. The minimum atomic E-state index is -0.289. The lowest BCUT2D eigenvalue weighted by atomic mass is 10.0. The second kappa shape index (κ2) is 7.95. The SMILES string of the molecule is COc1c(C(=O)NOC2CCNCC2)cccc1-c1ccccc1. The van der Waals surface area contributed by atoms with Crippen molar-refractivity contribution >= 4 is 5.91 Å². The molecule has 1 amide bonds. The number of benzene rings is 2. The van der Waals surface area contributed by atoms with Gasteiger partial charge in [0.25, 0.3) is 5.91 Å². The number of nitrogens with one attached hydrogen (secondary N) is 2. The Labute approximate surface area is 141 Å². The maximum Gasteiger partial charge on any atom is 0.278 e. The van der Waals surface area contributed by atoms with E-state index in [4.69, 9.17) is 9.57 Å². The van der Waals surface area contributed by atoms with Crippen LogP contribution in [0, 0.1) is 0 Å². The Morgan fingerprint density at radius 2 is 1.83 bits per heavy atom. The lowest BCUT2D eigenvalue weighted by Crippen LogP contribution is -2.37. The van der Waals surface area contributed by atoms with Gasteiger partial charge in [-0.05, 0) is 37.6 Å². The molecule has 0 saturated carbocycles. The molecule has 1 aliphatic rings. The van der Waals surface area contributed by atoms with Crippen LogP contribution in [0.15, 0.2) is 48.5 Å². The second-order valence-electron chi connectivity index (χ2n) is 5.75. The molecule has 0 bridgehead atoms. The predicted octanol–water partition coefficient (Wildman–Crippen LogP) is 2.78. The summed E-state index contributed by atoms with van der Waals surface area (Å²) in [5.74, 6) is 0.262. The smallest absolute Gasteiger partial charge is 0.278 e. The minimum absolute atomic E-state index is 0.0542. The van der Waals surface area contributed by atoms with E-state index in [2.05, 4.69) is 10.8 Å². The summed E-state index contributed by atoms with van der Waals surface area (Å²) in [7, 11) is 1.58. The Kier molecular flexibility index (Phi) is 5.46. The van der Waals surface area contributed by atoms with Crippen molar-refractivity contribution in [3.05, 3.63) is 54.1 Å². The molecular weight excluding hydrogens is 304 g/mol. The van der Waals surface area contributed by atoms with Crippen molar-refractivity contribution in [2.45, 2.75) is 18.9 Å². The van der Waals surface area contributed by atoms with Gasteiger partial charge in [0.15, 0.2) is 0 Å². The number of methoxy groups -OCH3 is 1. The van der Waals surface area contributed by atoms with Gasteiger partial charge in [0.1, 0.15) is 5.75 Å². The molecule has 0 aromatic heterocycles. The molecule has 0 unspecified atom stereocenters. The largest absolute Gasteiger partial charge is 0.495 e. The lowest BCUT2D eigenvalue weighted by Gasteiger charge is -2.22. The predicted molar refractivity (Wildman–Crippen MR) is 92.9 cm³/mol. The van der Waals surface area contributed by atoms with Gasteiger partial charge >= 0.3 is 0 Å². The van der Waals surface area contributed by atoms with Crippen molar-refractivity contribution in [3.63, 3.8) is 0 Å². The highest BCUT2D eigenvalue weighted by Gasteiger charge is 2.19. The molecule has 2 N–H and O–H groups in total. The van der Waals surface area contributed by atoms with E-state index in [1.165, 1.54) is 0 Å². The molecule has 1 aliphatic heterocycles. The average molecular weight is 326 g/mol. The van der Waals surface area contributed by atoms with Crippen LogP contribution in [0.3, 0.4) is 0 Å². The van der Waals surface area contributed by atoms with Crippen molar-refractivity contribution in [2.24, 2.45) is 0 Å². The van der Waals surface area contributed by atoms with E-state index in [1.54, 1.807) is 13.2 Å². The van der Waals surface area contributed by atoms with Crippen LogP contribution in [0.1, 0.15) is 23.2 Å². The first-order valence-corrected chi connectivity index (χ1v) is 8.18. The molecular formula is C19H22N2O3. The molecule has 126 valence electrons. The van der Waals surface area contributed by atoms with E-state index in [0.29, 0.717) is 11.3 Å². The zero-order valence-corrected chi connectivity index (χ0v) is 13.7. The number of para-hydroxylation sites is 1. The van der Waals surface area contributed by atoms with Gasteiger partial charge in [0.05, 0.1) is 18.8 Å². The van der Waals surface area contributed by atoms with Crippen LogP contribution in [0.2, 0.25) is 0 Å². The van der Waals surface area contributed by atoms with Crippen LogP contribution in [0.4, 0.5) is 0 Å². The summed E-state index contributed by atoms with van der Waals surface area (Å²) in [4.78, 5) is 18.1. The van der Waals surface area contributed by atoms with Crippen LogP contribution in [-0.4, -0.2) is 32.2 Å². The number of carbonyl (C=O) groups excluding carboxylic acids is 1. The fourth-order valence-electron chi connectivity index (χ4n) is 2.89. The summed E-state index contributed by atoms with van der Waals surface area (Å²) in [5, 5.41) is 3.27. The van der Waals surface area contributed by atoms with E-state index in [9.17, 15) is 4.79 Å². The molecule has 24 heavy (non-hydrogen) atoms. The standard InChI is InChI=1S/C19H22N2O3/c1-23-18-16(14-6-3-2-4-7-14)8-5-9-17(18)19(22)21-24-15-10-12-20-13-11-15/h2-9,15,20H,10-13H2,1H3,(H,21,22). The van der Waals surface area contributed by atoms with Gasteiger partial charge in [-0.3, -0.25) is 9.63 Å². The fourth-order valence-corrected chi connectivity index (χ4v) is 2.89. The van der Waals surface area contributed by atoms with Gasteiger partial charge in [-0.2, -0.15) is 0 Å². The number of hydrogen-bond donors (Lipinski definition) is 2. The second-order valence-corrected chi connectivity index (χ2v) is 5.75. The average Bonchev–Trinajstić information content (AvgIpc) is 2.67. The summed E-state index contributed by atoms with van der Waals surface area (Å²) in [6, 6.07) is 15.4. The Bertz CT molecular complexity index is 682. The molecule has 5 heteroatoms. The zero-order chi connectivity index (χ0) is 16.8. The molecule has 0 spiro atoms. The zero-order valence-electron chi connectivity index (χ0n) is 13.7. The number of amides is 1. The van der Waals surface area contributed by atoms with Crippen LogP contribution >= 0.6 is 0 Å². The maximum absolute atomic E-state index is 12.5. The Morgan fingerprint density at radius 3 is 2.54 bits per heavy atom. The highest BCUT2D eigenvalue weighted by Crippen LogP contribution is 2.33. The molecule has 0 atom stereocenters. The summed E-state index contributed by atoms with van der Waals surface area (Å²) in [6.07, 6.45) is 1.83. The summed E-state index contributed by atoms with van der Waals surface area (Å²) in [6.45, 7) is 1.82. The van der Waals surface area contributed by atoms with Gasteiger partial charge in [0.2, 0.25) is 0 Å². The normalized spacial score (nSPS) is 15.0. The molecule has 2 aromatic rings. The highest BCUT2D eigenvalue weighted by molar-refractivity contribution is 5.98. The van der Waals surface area contributed by atoms with Crippen molar-refractivity contribution < 1.29 is 14.4 Å². The van der Waals surface area contributed by atoms with Gasteiger partial charge in [0, 0.05) is 5.56 Å². The molecule has 3 rings (SSSR count). The van der Waals surface area contributed by atoms with E-state index >= 15 is 0 Å². The van der Waals surface area contributed by atoms with Gasteiger partial charge in [-0.15, -0.1) is 0 Å². The number of rotatable bonds is 5. The molecule has 1 saturated heterocycles. The third-order valence-corrected chi connectivity index (χ3v) is 4.15. The summed E-state index contributed by atoms with van der Waals surface area (Å²) in [5.41, 5.74) is 4.93. The van der Waals surface area contributed by atoms with Gasteiger partial charge in [-0.1, -0.05) is 42.5 Å². The molecule has 1 fully saturated rings. The van der Waals surface area contributed by atoms with Crippen molar-refractivity contribution in [1.29, 1.82) is 0 Å². The first-order valence-electron chi connectivity index (χ1n) is 8.18. The monoisotopic (exact) mass is 326 g/mol. The van der Waals surface area contributed by atoms with Crippen LogP contribution in [0.25, 0.3) is 11.1 Å². The van der Waals surface area contributed by atoms with Crippen molar-refractivity contribution in [1.82, 2.24) is 10.8 Å². The fraction of sp³-hybridized carbons (Fsp3) is 0.316. The van der Waals surface area contributed by atoms with Crippen LogP contribution in [-0.2, 0) is 4.84 Å². The molecule has 5 nitrogen and oxygen atoms in total. The Balaban J connectivity index is 1.78. The van der Waals surface area contributed by atoms with Crippen LogP contribution in [0.5, 0.6) is 5.75 Å². The lowest BCUT2D eigenvalue weighted by molar-refractivity contribution is -0.0283. The molecule has 0 radical (unpaired) electrons. The van der Waals surface area contributed by atoms with E-state index < -0.39 is 0 Å². The van der Waals surface area contributed by atoms with Gasteiger partial charge < -0.3 is 10.1 Å². The quantitative estimate of drug-likeness (QED) is 0.830. The van der Waals surface area contributed by atoms with E-state index in [-0.39, 0.29) is 12.0 Å². The minimum Gasteiger partial charge on any atom is -0.495 e. The number of carbonyl (C=O) groups is 1. The number of hydrogen-bond acceptors (Lipinski definition) is 4. The number of piperidine rings is 1. The first-order chi connectivity index (χ1) is 11.8. The molecule has 0 aliphatic carbocycles. The Hall–Kier alpha value is -2.37. The van der Waals surface area contributed by atoms with Crippen LogP contribution < -0.4 is 15.5 Å². The molecule has 1 heterocycles. The molecule has 2 aromatic carbocycles. The number of ether oxygens (including phenoxy) is 1. The van der Waals surface area contributed by atoms with Crippen molar-refractivity contribution in [2.75, 3.05) is 20.2 Å². The summed E-state index contributed by atoms with van der Waals surface area (Å²) >= 11 is 0. The third-order valence-electron chi connectivity index (χ3n) is 4.15. The summed E-state index contributed by atoms with van der Waals surface area (Å²) < 4.78 is 5.52. The topological polar surface area (TPSA) is 59.6 Å². The van der Waals surface area contributed by atoms with E-state index in [1.807, 2.05) is 42.5 Å². The van der Waals surface area contributed by atoms with Crippen molar-refractivity contribution in [3.8, 4) is 16.9 Å². The Morgan fingerprint density at radius 1 is 1.08 bits per heavy atom. The number of hydroxylamine groups is 1. The third kappa shape index (κ3) is 3.75.